The minimum Gasteiger partial charge on any atom is -0.0620 e. The molecule has 0 radical (unpaired) electrons. The molecule has 0 N–H and O–H groups in total. The van der Waals surface area contributed by atoms with Crippen LogP contribution in [-0.2, 0) is 6.42 Å². The molecule has 0 fully saturated rings. The first kappa shape index (κ1) is 13.5. The minimum atomic E-state index is 1.15. The van der Waals surface area contributed by atoms with Crippen LogP contribution in [0.4, 0.5) is 0 Å². The summed E-state index contributed by atoms with van der Waals surface area (Å²) in [7, 11) is 0. The van der Waals surface area contributed by atoms with Gasteiger partial charge in [0.15, 0.2) is 0 Å². The number of aryl methyl sites for hydroxylation is 4. The van der Waals surface area contributed by atoms with Gasteiger partial charge in [0.25, 0.3) is 0 Å². The van der Waals surface area contributed by atoms with Gasteiger partial charge >= 0.3 is 0 Å². The highest BCUT2D eigenvalue weighted by atomic mass is 13.9. The third-order valence-corrected chi connectivity index (χ3v) is 2.86. The van der Waals surface area contributed by atoms with E-state index in [2.05, 4.69) is 76.2 Å². The molecule has 0 saturated heterocycles. The Hall–Kier alpha value is -1.56. The topological polar surface area (TPSA) is 0 Å². The molecule has 17 heavy (non-hydrogen) atoms. The lowest BCUT2D eigenvalue weighted by Gasteiger charge is -1.98. The van der Waals surface area contributed by atoms with Gasteiger partial charge in [-0.2, -0.15) is 0 Å². The van der Waals surface area contributed by atoms with Gasteiger partial charge in [-0.25, -0.2) is 0 Å². The molecule has 0 aliphatic heterocycles. The van der Waals surface area contributed by atoms with Crippen LogP contribution in [0.25, 0.3) is 0 Å². The molecule has 0 saturated carbocycles. The first-order valence-corrected chi connectivity index (χ1v) is 6.21. The average molecular weight is 226 g/mol. The summed E-state index contributed by atoms with van der Waals surface area (Å²) >= 11 is 0. The highest BCUT2D eigenvalue weighted by Crippen LogP contribution is 2.06. The number of benzene rings is 2. The highest BCUT2D eigenvalue weighted by molar-refractivity contribution is 5.25. The van der Waals surface area contributed by atoms with Crippen molar-refractivity contribution in [2.75, 3.05) is 0 Å². The van der Waals surface area contributed by atoms with Crippen LogP contribution in [0.3, 0.4) is 0 Å². The predicted molar refractivity (Wildman–Crippen MR) is 76.5 cm³/mol. The van der Waals surface area contributed by atoms with E-state index in [0.717, 1.165) is 6.42 Å². The summed E-state index contributed by atoms with van der Waals surface area (Å²) in [5.74, 6) is 0. The lowest BCUT2D eigenvalue weighted by molar-refractivity contribution is 1.11. The molecule has 0 aromatic heterocycles. The van der Waals surface area contributed by atoms with Gasteiger partial charge in [-0.15, -0.1) is 0 Å². The first-order valence-electron chi connectivity index (χ1n) is 6.21. The van der Waals surface area contributed by atoms with Crippen LogP contribution in [0.2, 0.25) is 0 Å². The Morgan fingerprint density at radius 1 is 0.706 bits per heavy atom. The molecule has 0 unspecified atom stereocenters. The van der Waals surface area contributed by atoms with Crippen LogP contribution in [0.15, 0.2) is 48.5 Å². The fraction of sp³-hybridized carbons (Fsp3) is 0.294. The van der Waals surface area contributed by atoms with Crippen molar-refractivity contribution in [3.63, 3.8) is 0 Å². The van der Waals surface area contributed by atoms with E-state index in [4.69, 9.17) is 0 Å². The van der Waals surface area contributed by atoms with Crippen molar-refractivity contribution in [2.45, 2.75) is 34.1 Å². The van der Waals surface area contributed by atoms with Crippen LogP contribution < -0.4 is 0 Å². The minimum absolute atomic E-state index is 1.15. The molecule has 2 aromatic rings. The maximum atomic E-state index is 2.18. The molecule has 0 bridgehead atoms. The summed E-state index contributed by atoms with van der Waals surface area (Å²) in [5, 5.41) is 0. The monoisotopic (exact) mass is 226 g/mol. The van der Waals surface area contributed by atoms with E-state index < -0.39 is 0 Å². The van der Waals surface area contributed by atoms with E-state index in [9.17, 15) is 0 Å². The predicted octanol–water partition coefficient (Wildman–Crippen LogP) is 4.86. The second-order valence-corrected chi connectivity index (χ2v) is 4.43. The van der Waals surface area contributed by atoms with E-state index in [0.29, 0.717) is 0 Å². The van der Waals surface area contributed by atoms with Crippen LogP contribution in [0.1, 0.15) is 29.2 Å². The molecular formula is C17H22. The van der Waals surface area contributed by atoms with Gasteiger partial charge in [0.1, 0.15) is 0 Å². The Labute approximate surface area is 105 Å². The number of hydrogen-bond acceptors (Lipinski definition) is 0. The van der Waals surface area contributed by atoms with E-state index in [-0.39, 0.29) is 0 Å². The van der Waals surface area contributed by atoms with Gasteiger partial charge in [-0.1, -0.05) is 66.6 Å². The van der Waals surface area contributed by atoms with Crippen molar-refractivity contribution in [3.8, 4) is 0 Å². The van der Waals surface area contributed by atoms with Gasteiger partial charge < -0.3 is 0 Å². The quantitative estimate of drug-likeness (QED) is 0.651. The van der Waals surface area contributed by atoms with Crippen LogP contribution in [0, 0.1) is 20.8 Å². The van der Waals surface area contributed by atoms with E-state index >= 15 is 0 Å². The van der Waals surface area contributed by atoms with Crippen molar-refractivity contribution in [3.05, 3.63) is 70.8 Å². The molecule has 90 valence electrons. The number of rotatable bonds is 1. The van der Waals surface area contributed by atoms with Crippen LogP contribution in [-0.4, -0.2) is 0 Å². The average Bonchev–Trinajstić information content (AvgIpc) is 2.34. The van der Waals surface area contributed by atoms with Crippen LogP contribution in [0.5, 0.6) is 0 Å². The van der Waals surface area contributed by atoms with Crippen molar-refractivity contribution in [1.82, 2.24) is 0 Å². The third-order valence-electron chi connectivity index (χ3n) is 2.86. The fourth-order valence-electron chi connectivity index (χ4n) is 1.64. The largest absolute Gasteiger partial charge is 0.0620 e. The summed E-state index contributed by atoms with van der Waals surface area (Å²) in [6, 6.07) is 17.0. The highest BCUT2D eigenvalue weighted by Gasteiger charge is 1.89. The van der Waals surface area contributed by atoms with Gasteiger partial charge in [0.05, 0.1) is 0 Å². The van der Waals surface area contributed by atoms with Gasteiger partial charge in [-0.3, -0.25) is 0 Å². The second-order valence-electron chi connectivity index (χ2n) is 4.43. The van der Waals surface area contributed by atoms with E-state index in [1.54, 1.807) is 0 Å². The molecule has 0 nitrogen and oxygen atoms in total. The molecule has 2 aromatic carbocycles. The van der Waals surface area contributed by atoms with Crippen LogP contribution >= 0.6 is 0 Å². The lowest BCUT2D eigenvalue weighted by Crippen LogP contribution is -1.82. The summed E-state index contributed by atoms with van der Waals surface area (Å²) in [6.45, 7) is 8.53. The fourth-order valence-corrected chi connectivity index (χ4v) is 1.64. The number of hydrogen-bond donors (Lipinski definition) is 0. The Balaban J connectivity index is 0.000000171. The molecular weight excluding hydrogens is 204 g/mol. The zero-order valence-electron chi connectivity index (χ0n) is 11.3. The van der Waals surface area contributed by atoms with Gasteiger partial charge in [-0.05, 0) is 38.3 Å². The summed E-state index contributed by atoms with van der Waals surface area (Å²) in [6.07, 6.45) is 1.15. The van der Waals surface area contributed by atoms with Crippen molar-refractivity contribution in [2.24, 2.45) is 0 Å². The van der Waals surface area contributed by atoms with E-state index in [1.807, 2.05) is 0 Å². The molecule has 0 aliphatic rings. The maximum Gasteiger partial charge on any atom is -0.0305 e. The zero-order valence-corrected chi connectivity index (χ0v) is 11.3. The molecule has 0 atom stereocenters. The first-order chi connectivity index (χ1) is 8.13. The Morgan fingerprint density at radius 2 is 1.18 bits per heavy atom. The van der Waals surface area contributed by atoms with E-state index in [1.165, 1.54) is 22.3 Å². The van der Waals surface area contributed by atoms with Gasteiger partial charge in [0, 0.05) is 0 Å². The standard InChI is InChI=1S/C9H12.C8H10/c1-3-9-7-5-4-6-8(9)2;1-7-3-5-8(2)6-4-7/h4-7H,3H2,1-2H3;3-6H,1-2H3. The molecule has 0 heteroatoms. The zero-order chi connectivity index (χ0) is 12.7. The smallest absolute Gasteiger partial charge is 0.0305 e. The summed E-state index contributed by atoms with van der Waals surface area (Å²) in [5.41, 5.74) is 5.52. The van der Waals surface area contributed by atoms with Crippen molar-refractivity contribution in [1.29, 1.82) is 0 Å². The molecule has 0 aliphatic carbocycles. The Kier molecular flexibility index (Phi) is 5.48. The summed E-state index contributed by atoms with van der Waals surface area (Å²) in [4.78, 5) is 0. The SMILES string of the molecule is CCc1ccccc1C.Cc1ccc(C)cc1. The van der Waals surface area contributed by atoms with Crippen molar-refractivity contribution < 1.29 is 0 Å². The third kappa shape index (κ3) is 4.86. The Bertz CT molecular complexity index is 417. The van der Waals surface area contributed by atoms with Gasteiger partial charge in [0.2, 0.25) is 0 Å². The normalized spacial score (nSPS) is 9.41. The van der Waals surface area contributed by atoms with Crippen molar-refractivity contribution >= 4 is 0 Å². The molecule has 0 spiro atoms. The Morgan fingerprint density at radius 3 is 1.53 bits per heavy atom. The maximum absolute atomic E-state index is 2.18. The molecule has 0 heterocycles. The molecule has 2 rings (SSSR count). The summed E-state index contributed by atoms with van der Waals surface area (Å²) < 4.78 is 0. The lowest BCUT2D eigenvalue weighted by atomic mass is 10.1. The molecule has 0 amide bonds. The second kappa shape index (κ2) is 6.90.